The average Bonchev–Trinajstić information content (AvgIpc) is 2.48. The van der Waals surface area contributed by atoms with E-state index in [9.17, 15) is 8.78 Å². The largest absolute Gasteiger partial charge is 0.255 e. The van der Waals surface area contributed by atoms with Gasteiger partial charge in [0.05, 0.1) is 5.69 Å². The first-order chi connectivity index (χ1) is 10.1. The second-order valence-electron chi connectivity index (χ2n) is 4.87. The maximum absolute atomic E-state index is 13.8. The molecule has 3 heteroatoms. The van der Waals surface area contributed by atoms with Gasteiger partial charge in [-0.15, -0.1) is 0 Å². The summed E-state index contributed by atoms with van der Waals surface area (Å²) in [5.74, 6) is -1.19. The lowest BCUT2D eigenvalue weighted by Gasteiger charge is -2.09. The third kappa shape index (κ3) is 2.68. The molecule has 0 aliphatic carbocycles. The SMILES string of the molecule is Cc1cc(-c2ccc(F)cc2F)ncc1-c1ccccc1. The fraction of sp³-hybridized carbons (Fsp3) is 0.0556. The lowest BCUT2D eigenvalue weighted by Crippen LogP contribution is -1.92. The van der Waals surface area contributed by atoms with Gasteiger partial charge in [-0.2, -0.15) is 0 Å². The third-order valence-corrected chi connectivity index (χ3v) is 3.40. The van der Waals surface area contributed by atoms with Gasteiger partial charge in [0.2, 0.25) is 0 Å². The Balaban J connectivity index is 2.06. The first kappa shape index (κ1) is 13.4. The zero-order valence-electron chi connectivity index (χ0n) is 11.5. The van der Waals surface area contributed by atoms with Crippen LogP contribution in [0, 0.1) is 18.6 Å². The van der Waals surface area contributed by atoms with E-state index in [1.165, 1.54) is 12.1 Å². The summed E-state index contributed by atoms with van der Waals surface area (Å²) in [7, 11) is 0. The molecule has 0 fully saturated rings. The highest BCUT2D eigenvalue weighted by atomic mass is 19.1. The Kier molecular flexibility index (Phi) is 3.48. The molecule has 1 nitrogen and oxygen atoms in total. The average molecular weight is 281 g/mol. The summed E-state index contributed by atoms with van der Waals surface area (Å²) in [6.45, 7) is 1.95. The predicted octanol–water partition coefficient (Wildman–Crippen LogP) is 5.00. The van der Waals surface area contributed by atoms with Gasteiger partial charge >= 0.3 is 0 Å². The van der Waals surface area contributed by atoms with Crippen molar-refractivity contribution in [1.29, 1.82) is 0 Å². The van der Waals surface area contributed by atoms with Crippen LogP contribution in [0.15, 0.2) is 60.8 Å². The summed E-state index contributed by atoms with van der Waals surface area (Å²) in [4.78, 5) is 4.31. The fourth-order valence-electron chi connectivity index (χ4n) is 2.32. The van der Waals surface area contributed by atoms with Crippen LogP contribution in [0.3, 0.4) is 0 Å². The van der Waals surface area contributed by atoms with Crippen LogP contribution in [0.4, 0.5) is 8.78 Å². The van der Waals surface area contributed by atoms with E-state index in [0.717, 1.165) is 22.8 Å². The zero-order chi connectivity index (χ0) is 14.8. The molecule has 1 aromatic heterocycles. The molecule has 2 aromatic carbocycles. The molecule has 3 aromatic rings. The Bertz CT molecular complexity index is 782. The monoisotopic (exact) mass is 281 g/mol. The molecule has 0 unspecified atom stereocenters. The van der Waals surface area contributed by atoms with Crippen LogP contribution in [0.2, 0.25) is 0 Å². The van der Waals surface area contributed by atoms with Crippen LogP contribution in [0.5, 0.6) is 0 Å². The minimum atomic E-state index is -0.602. The zero-order valence-corrected chi connectivity index (χ0v) is 11.5. The molecule has 104 valence electrons. The van der Waals surface area contributed by atoms with Crippen LogP contribution in [0.1, 0.15) is 5.56 Å². The first-order valence-electron chi connectivity index (χ1n) is 6.62. The van der Waals surface area contributed by atoms with E-state index in [1.54, 1.807) is 6.20 Å². The molecule has 0 aliphatic heterocycles. The van der Waals surface area contributed by atoms with Gasteiger partial charge in [0.25, 0.3) is 0 Å². The normalized spacial score (nSPS) is 10.6. The van der Waals surface area contributed by atoms with E-state index in [1.807, 2.05) is 43.3 Å². The van der Waals surface area contributed by atoms with Crippen LogP contribution < -0.4 is 0 Å². The van der Waals surface area contributed by atoms with Crippen molar-refractivity contribution in [3.05, 3.63) is 78.0 Å². The molecule has 0 spiro atoms. The number of nitrogens with zero attached hydrogens (tertiary/aromatic N) is 1. The molecular formula is C18H13F2N. The van der Waals surface area contributed by atoms with E-state index in [2.05, 4.69) is 4.98 Å². The van der Waals surface area contributed by atoms with Crippen molar-refractivity contribution in [2.45, 2.75) is 6.92 Å². The standard InChI is InChI=1S/C18H13F2N/c1-12-9-18(15-8-7-14(19)10-17(15)20)21-11-16(12)13-5-3-2-4-6-13/h2-11H,1H3. The highest BCUT2D eigenvalue weighted by molar-refractivity contribution is 5.70. The summed E-state index contributed by atoms with van der Waals surface area (Å²) >= 11 is 0. The lowest BCUT2D eigenvalue weighted by atomic mass is 10.0. The van der Waals surface area contributed by atoms with E-state index >= 15 is 0 Å². The highest BCUT2D eigenvalue weighted by Gasteiger charge is 2.10. The van der Waals surface area contributed by atoms with Gasteiger partial charge in [-0.3, -0.25) is 4.98 Å². The Morgan fingerprint density at radius 1 is 0.857 bits per heavy atom. The smallest absolute Gasteiger partial charge is 0.135 e. The Hall–Kier alpha value is -2.55. The lowest BCUT2D eigenvalue weighted by molar-refractivity contribution is 0.585. The van der Waals surface area contributed by atoms with Crippen LogP contribution in [0.25, 0.3) is 22.4 Å². The summed E-state index contributed by atoms with van der Waals surface area (Å²) in [6, 6.07) is 15.2. The number of pyridine rings is 1. The van der Waals surface area contributed by atoms with Crippen LogP contribution >= 0.6 is 0 Å². The maximum Gasteiger partial charge on any atom is 0.135 e. The van der Waals surface area contributed by atoms with Gasteiger partial charge in [-0.25, -0.2) is 8.78 Å². The van der Waals surface area contributed by atoms with E-state index in [4.69, 9.17) is 0 Å². The van der Waals surface area contributed by atoms with Crippen molar-refractivity contribution < 1.29 is 8.78 Å². The van der Waals surface area contributed by atoms with Crippen LogP contribution in [-0.2, 0) is 0 Å². The number of aryl methyl sites for hydroxylation is 1. The van der Waals surface area contributed by atoms with Crippen molar-refractivity contribution in [1.82, 2.24) is 4.98 Å². The Morgan fingerprint density at radius 2 is 1.62 bits per heavy atom. The Labute approximate surface area is 121 Å². The summed E-state index contributed by atoms with van der Waals surface area (Å²) in [5.41, 5.74) is 3.87. The van der Waals surface area contributed by atoms with Gasteiger partial charge in [-0.1, -0.05) is 30.3 Å². The van der Waals surface area contributed by atoms with Gasteiger partial charge < -0.3 is 0 Å². The molecule has 0 bridgehead atoms. The molecule has 0 amide bonds. The summed E-state index contributed by atoms with van der Waals surface area (Å²) < 4.78 is 26.8. The fourth-order valence-corrected chi connectivity index (χ4v) is 2.32. The van der Waals surface area contributed by atoms with Crippen molar-refractivity contribution in [2.24, 2.45) is 0 Å². The highest BCUT2D eigenvalue weighted by Crippen LogP contribution is 2.27. The number of halogens is 2. The Morgan fingerprint density at radius 3 is 2.29 bits per heavy atom. The van der Waals surface area contributed by atoms with Gasteiger partial charge in [0.1, 0.15) is 11.6 Å². The molecular weight excluding hydrogens is 268 g/mol. The van der Waals surface area contributed by atoms with Gasteiger partial charge in [0, 0.05) is 23.4 Å². The minimum absolute atomic E-state index is 0.305. The van der Waals surface area contributed by atoms with Crippen molar-refractivity contribution in [3.63, 3.8) is 0 Å². The number of hydrogen-bond donors (Lipinski definition) is 0. The van der Waals surface area contributed by atoms with Gasteiger partial charge in [0.15, 0.2) is 0 Å². The number of hydrogen-bond acceptors (Lipinski definition) is 1. The molecule has 0 saturated carbocycles. The predicted molar refractivity (Wildman–Crippen MR) is 79.8 cm³/mol. The number of rotatable bonds is 2. The van der Waals surface area contributed by atoms with Crippen molar-refractivity contribution in [3.8, 4) is 22.4 Å². The van der Waals surface area contributed by atoms with E-state index < -0.39 is 11.6 Å². The molecule has 0 atom stereocenters. The minimum Gasteiger partial charge on any atom is -0.255 e. The molecule has 0 saturated heterocycles. The first-order valence-corrected chi connectivity index (χ1v) is 6.62. The van der Waals surface area contributed by atoms with E-state index in [0.29, 0.717) is 11.3 Å². The second-order valence-corrected chi connectivity index (χ2v) is 4.87. The number of benzene rings is 2. The molecule has 0 radical (unpaired) electrons. The van der Waals surface area contributed by atoms with Crippen molar-refractivity contribution >= 4 is 0 Å². The van der Waals surface area contributed by atoms with Crippen molar-refractivity contribution in [2.75, 3.05) is 0 Å². The molecule has 3 rings (SSSR count). The molecule has 0 aliphatic rings. The quantitative estimate of drug-likeness (QED) is 0.644. The van der Waals surface area contributed by atoms with Crippen LogP contribution in [-0.4, -0.2) is 4.98 Å². The maximum atomic E-state index is 13.8. The topological polar surface area (TPSA) is 12.9 Å². The number of aromatic nitrogens is 1. The summed E-state index contributed by atoms with van der Waals surface area (Å²) in [6.07, 6.45) is 1.72. The second kappa shape index (κ2) is 5.44. The molecule has 0 N–H and O–H groups in total. The summed E-state index contributed by atoms with van der Waals surface area (Å²) in [5, 5.41) is 0. The third-order valence-electron chi connectivity index (χ3n) is 3.40. The molecule has 1 heterocycles. The van der Waals surface area contributed by atoms with E-state index in [-0.39, 0.29) is 0 Å². The molecule has 21 heavy (non-hydrogen) atoms. The van der Waals surface area contributed by atoms with Gasteiger partial charge in [-0.05, 0) is 36.2 Å².